The number of nitrogens with zero attached hydrogens (tertiary/aromatic N) is 1. The average molecular weight is 306 g/mol. The highest BCUT2D eigenvalue weighted by molar-refractivity contribution is 5.77. The molecule has 2 rings (SSSR count). The van der Waals surface area contributed by atoms with Crippen molar-refractivity contribution in [2.75, 3.05) is 13.1 Å². The molecule has 1 aromatic rings. The zero-order chi connectivity index (χ0) is 16.3. The second kappa shape index (κ2) is 6.68. The molecule has 0 spiro atoms. The van der Waals surface area contributed by atoms with Gasteiger partial charge in [-0.05, 0) is 37.0 Å². The monoisotopic (exact) mass is 306 g/mol. The molecular weight excluding hydrogens is 284 g/mol. The minimum Gasteiger partial charge on any atom is -0.508 e. The lowest BCUT2D eigenvalue weighted by molar-refractivity contribution is -0.143. The fourth-order valence-electron chi connectivity index (χ4n) is 2.85. The van der Waals surface area contributed by atoms with Gasteiger partial charge < -0.3 is 20.4 Å². The highest BCUT2D eigenvalue weighted by Crippen LogP contribution is 2.23. The standard InChI is InChI=1S/C16H22N2O4/c1-10-6-13(15(20)21)9-18(8-10)16(22)17-11(2)12-4-3-5-14(19)7-12/h3-5,7,10-11,13,19H,6,8-9H2,1-2H3,(H,17,22)(H,20,21)/t10?,11-,13?/m0/s1. The maximum atomic E-state index is 12.3. The fourth-order valence-corrected chi connectivity index (χ4v) is 2.85. The van der Waals surface area contributed by atoms with Crippen molar-refractivity contribution in [3.8, 4) is 5.75 Å². The first-order chi connectivity index (χ1) is 10.4. The smallest absolute Gasteiger partial charge is 0.317 e. The molecule has 6 nitrogen and oxygen atoms in total. The van der Waals surface area contributed by atoms with Gasteiger partial charge in [0.2, 0.25) is 0 Å². The van der Waals surface area contributed by atoms with E-state index in [0.29, 0.717) is 13.0 Å². The van der Waals surface area contributed by atoms with E-state index in [4.69, 9.17) is 5.11 Å². The second-order valence-electron chi connectivity index (χ2n) is 6.05. The Bertz CT molecular complexity index is 561. The Kier molecular flexibility index (Phi) is 4.90. The van der Waals surface area contributed by atoms with Gasteiger partial charge in [-0.15, -0.1) is 0 Å². The maximum Gasteiger partial charge on any atom is 0.317 e. The van der Waals surface area contributed by atoms with Crippen molar-refractivity contribution in [2.45, 2.75) is 26.3 Å². The number of phenols is 1. The van der Waals surface area contributed by atoms with E-state index in [1.54, 1.807) is 23.1 Å². The number of hydrogen-bond donors (Lipinski definition) is 3. The first-order valence-electron chi connectivity index (χ1n) is 7.44. The molecule has 1 fully saturated rings. The van der Waals surface area contributed by atoms with Gasteiger partial charge in [0.15, 0.2) is 0 Å². The Hall–Kier alpha value is -2.24. The minimum atomic E-state index is -0.856. The van der Waals surface area contributed by atoms with Crippen molar-refractivity contribution in [3.63, 3.8) is 0 Å². The van der Waals surface area contributed by atoms with Gasteiger partial charge in [-0.25, -0.2) is 4.79 Å². The van der Waals surface area contributed by atoms with Crippen LogP contribution in [-0.4, -0.2) is 40.2 Å². The van der Waals surface area contributed by atoms with Crippen molar-refractivity contribution in [1.29, 1.82) is 0 Å². The van der Waals surface area contributed by atoms with Crippen LogP contribution in [0.1, 0.15) is 31.9 Å². The Balaban J connectivity index is 2.00. The molecule has 0 aliphatic carbocycles. The second-order valence-corrected chi connectivity index (χ2v) is 6.05. The normalized spacial score (nSPS) is 22.9. The summed E-state index contributed by atoms with van der Waals surface area (Å²) in [6.07, 6.45) is 0.598. The van der Waals surface area contributed by atoms with Gasteiger partial charge in [0.05, 0.1) is 12.0 Å². The molecule has 0 saturated carbocycles. The number of aromatic hydroxyl groups is 1. The molecule has 6 heteroatoms. The molecule has 1 aromatic carbocycles. The number of carboxylic acid groups (broad SMARTS) is 1. The van der Waals surface area contributed by atoms with Crippen LogP contribution < -0.4 is 5.32 Å². The van der Waals surface area contributed by atoms with Crippen LogP contribution in [0.25, 0.3) is 0 Å². The van der Waals surface area contributed by atoms with E-state index >= 15 is 0 Å². The summed E-state index contributed by atoms with van der Waals surface area (Å²) in [6.45, 7) is 4.57. The molecule has 1 aliphatic rings. The number of likely N-dealkylation sites (tertiary alicyclic amines) is 1. The molecule has 1 saturated heterocycles. The summed E-state index contributed by atoms with van der Waals surface area (Å²) in [6, 6.07) is 6.18. The Labute approximate surface area is 129 Å². The summed E-state index contributed by atoms with van der Waals surface area (Å²) in [5, 5.41) is 21.5. The minimum absolute atomic E-state index is 0.149. The van der Waals surface area contributed by atoms with E-state index in [1.165, 1.54) is 0 Å². The van der Waals surface area contributed by atoms with E-state index in [0.717, 1.165) is 5.56 Å². The number of nitrogens with one attached hydrogen (secondary N) is 1. The molecule has 2 amide bonds. The van der Waals surface area contributed by atoms with Crippen LogP contribution >= 0.6 is 0 Å². The van der Waals surface area contributed by atoms with Gasteiger partial charge in [0.1, 0.15) is 5.75 Å². The summed E-state index contributed by atoms with van der Waals surface area (Å²) >= 11 is 0. The Morgan fingerprint density at radius 2 is 2.09 bits per heavy atom. The van der Waals surface area contributed by atoms with E-state index in [1.807, 2.05) is 19.9 Å². The molecule has 3 atom stereocenters. The summed E-state index contributed by atoms with van der Waals surface area (Å²) in [4.78, 5) is 25.1. The molecule has 0 aromatic heterocycles. The van der Waals surface area contributed by atoms with Crippen LogP contribution in [0.3, 0.4) is 0 Å². The third-order valence-electron chi connectivity index (χ3n) is 4.01. The highest BCUT2D eigenvalue weighted by Gasteiger charge is 2.32. The lowest BCUT2D eigenvalue weighted by atomic mass is 9.91. The highest BCUT2D eigenvalue weighted by atomic mass is 16.4. The van der Waals surface area contributed by atoms with E-state index in [-0.39, 0.29) is 30.3 Å². The van der Waals surface area contributed by atoms with Crippen LogP contribution in [0.15, 0.2) is 24.3 Å². The first kappa shape index (κ1) is 16.1. The van der Waals surface area contributed by atoms with E-state index in [2.05, 4.69) is 5.32 Å². The zero-order valence-corrected chi connectivity index (χ0v) is 12.8. The zero-order valence-electron chi connectivity index (χ0n) is 12.8. The first-order valence-corrected chi connectivity index (χ1v) is 7.44. The summed E-state index contributed by atoms with van der Waals surface area (Å²) < 4.78 is 0. The number of phenolic OH excluding ortho intramolecular Hbond substituents is 1. The van der Waals surface area contributed by atoms with Gasteiger partial charge in [-0.3, -0.25) is 4.79 Å². The third-order valence-corrected chi connectivity index (χ3v) is 4.01. The number of carboxylic acids is 1. The van der Waals surface area contributed by atoms with E-state index < -0.39 is 11.9 Å². The molecule has 1 heterocycles. The predicted octanol–water partition coefficient (Wildman–Crippen LogP) is 2.21. The van der Waals surface area contributed by atoms with Crippen molar-refractivity contribution in [2.24, 2.45) is 11.8 Å². The topological polar surface area (TPSA) is 89.9 Å². The van der Waals surface area contributed by atoms with Crippen molar-refractivity contribution < 1.29 is 19.8 Å². The molecular formula is C16H22N2O4. The number of amides is 2. The van der Waals surface area contributed by atoms with Gasteiger partial charge in [0.25, 0.3) is 0 Å². The number of carbonyl (C=O) groups excluding carboxylic acids is 1. The van der Waals surface area contributed by atoms with Gasteiger partial charge in [-0.2, -0.15) is 0 Å². The summed E-state index contributed by atoms with van der Waals surface area (Å²) in [5.41, 5.74) is 0.799. The third kappa shape index (κ3) is 3.90. The number of rotatable bonds is 3. The largest absolute Gasteiger partial charge is 0.508 e. The summed E-state index contributed by atoms with van der Waals surface area (Å²) in [5.74, 6) is -1.05. The molecule has 3 N–H and O–H groups in total. The number of piperidine rings is 1. The number of carbonyl (C=O) groups is 2. The molecule has 2 unspecified atom stereocenters. The predicted molar refractivity (Wildman–Crippen MR) is 81.5 cm³/mol. The number of benzene rings is 1. The Morgan fingerprint density at radius 3 is 2.73 bits per heavy atom. The van der Waals surface area contributed by atoms with Gasteiger partial charge >= 0.3 is 12.0 Å². The van der Waals surface area contributed by atoms with Crippen LogP contribution in [-0.2, 0) is 4.79 Å². The molecule has 22 heavy (non-hydrogen) atoms. The SMILES string of the molecule is CC1CC(C(=O)O)CN(C(=O)N[C@@H](C)c2cccc(O)c2)C1. The van der Waals surface area contributed by atoms with Crippen LogP contribution in [0, 0.1) is 11.8 Å². The van der Waals surface area contributed by atoms with E-state index in [9.17, 15) is 14.7 Å². The number of hydrogen-bond acceptors (Lipinski definition) is 3. The molecule has 1 aliphatic heterocycles. The van der Waals surface area contributed by atoms with Crippen molar-refractivity contribution in [3.05, 3.63) is 29.8 Å². The van der Waals surface area contributed by atoms with Gasteiger partial charge in [-0.1, -0.05) is 19.1 Å². The lowest BCUT2D eigenvalue weighted by Crippen LogP contribution is -2.49. The Morgan fingerprint density at radius 1 is 1.36 bits per heavy atom. The van der Waals surface area contributed by atoms with Crippen molar-refractivity contribution in [1.82, 2.24) is 10.2 Å². The molecule has 120 valence electrons. The average Bonchev–Trinajstić information content (AvgIpc) is 2.46. The van der Waals surface area contributed by atoms with Crippen molar-refractivity contribution >= 4 is 12.0 Å². The number of aliphatic carboxylic acids is 1. The molecule has 0 bridgehead atoms. The maximum absolute atomic E-state index is 12.3. The van der Waals surface area contributed by atoms with Crippen LogP contribution in [0.4, 0.5) is 4.79 Å². The summed E-state index contributed by atoms with van der Waals surface area (Å²) in [7, 11) is 0. The lowest BCUT2D eigenvalue weighted by Gasteiger charge is -2.35. The van der Waals surface area contributed by atoms with Crippen LogP contribution in [0.2, 0.25) is 0 Å². The van der Waals surface area contributed by atoms with Crippen LogP contribution in [0.5, 0.6) is 5.75 Å². The number of urea groups is 1. The van der Waals surface area contributed by atoms with Gasteiger partial charge in [0, 0.05) is 13.1 Å². The fraction of sp³-hybridized carbons (Fsp3) is 0.500. The molecule has 0 radical (unpaired) electrons. The quantitative estimate of drug-likeness (QED) is 0.798.